The average Bonchev–Trinajstić information content (AvgIpc) is 3.58. The van der Waals surface area contributed by atoms with E-state index in [1.807, 2.05) is 79.7 Å². The van der Waals surface area contributed by atoms with Crippen LogP contribution in [0.15, 0.2) is 93.4 Å². The fourth-order valence-electron chi connectivity index (χ4n) is 5.64. The van der Waals surface area contributed by atoms with Gasteiger partial charge in [-0.05, 0) is 30.7 Å². The van der Waals surface area contributed by atoms with Crippen LogP contribution in [0.2, 0.25) is 0 Å². The van der Waals surface area contributed by atoms with Crippen molar-refractivity contribution in [1.82, 2.24) is 8.96 Å². The van der Waals surface area contributed by atoms with Gasteiger partial charge < -0.3 is 21.9 Å². The maximum Gasteiger partial charge on any atom is 0.742 e. The Labute approximate surface area is 197 Å². The quantitative estimate of drug-likeness (QED) is 0.306. The molecule has 0 saturated carbocycles. The van der Waals surface area contributed by atoms with Gasteiger partial charge in [0.05, 0.1) is 10.8 Å². The summed E-state index contributed by atoms with van der Waals surface area (Å²) >= 11 is 0. The van der Waals surface area contributed by atoms with Crippen LogP contribution in [0.4, 0.5) is 8.63 Å². The van der Waals surface area contributed by atoms with Crippen molar-refractivity contribution in [2.24, 2.45) is 0 Å². The van der Waals surface area contributed by atoms with Crippen molar-refractivity contribution in [2.45, 2.75) is 6.92 Å². The van der Waals surface area contributed by atoms with Gasteiger partial charge in [-0.1, -0.05) is 66.2 Å². The van der Waals surface area contributed by atoms with Gasteiger partial charge in [-0.2, -0.15) is 0 Å². The predicted octanol–water partition coefficient (Wildman–Crippen LogP) is 5.42. The highest BCUT2D eigenvalue weighted by Gasteiger charge is 2.55. The van der Waals surface area contributed by atoms with E-state index in [-0.39, 0.29) is 11.3 Å². The molecular weight excluding hydrogens is 445 g/mol. The van der Waals surface area contributed by atoms with Crippen molar-refractivity contribution in [3.63, 3.8) is 0 Å². The molecule has 35 heavy (non-hydrogen) atoms. The normalized spacial score (nSPS) is 16.1. The van der Waals surface area contributed by atoms with Crippen molar-refractivity contribution in [3.8, 4) is 0 Å². The third kappa shape index (κ3) is 2.28. The van der Waals surface area contributed by atoms with Gasteiger partial charge in [0.2, 0.25) is 0 Å². The van der Waals surface area contributed by atoms with E-state index in [1.54, 1.807) is 12.1 Å². The summed E-state index contributed by atoms with van der Waals surface area (Å²) in [6.07, 6.45) is 1.84. The van der Waals surface area contributed by atoms with E-state index in [1.165, 1.54) is 0 Å². The summed E-state index contributed by atoms with van der Waals surface area (Å²) in [4.78, 5) is 0. The smallest absolute Gasteiger partial charge is 0.443 e. The zero-order valence-electron chi connectivity index (χ0n) is 18.6. The summed E-state index contributed by atoms with van der Waals surface area (Å²) in [5.41, 5.74) is 5.07. The summed E-state index contributed by atoms with van der Waals surface area (Å²) < 4.78 is 47.4. The third-order valence-corrected chi connectivity index (χ3v) is 7.22. The van der Waals surface area contributed by atoms with E-state index in [9.17, 15) is 0 Å². The largest absolute Gasteiger partial charge is 0.742 e. The number of para-hydroxylation sites is 2. The number of benzene rings is 3. The summed E-state index contributed by atoms with van der Waals surface area (Å²) in [6.45, 7) is -2.29. The Morgan fingerprint density at radius 1 is 0.800 bits per heavy atom. The third-order valence-electron chi connectivity index (χ3n) is 7.22. The second-order valence-corrected chi connectivity index (χ2v) is 9.26. The van der Waals surface area contributed by atoms with Gasteiger partial charge in [0.1, 0.15) is 11.2 Å². The van der Waals surface area contributed by atoms with Crippen molar-refractivity contribution in [3.05, 3.63) is 112 Å². The van der Waals surface area contributed by atoms with Crippen LogP contribution in [0.3, 0.4) is 0 Å². The molecule has 4 nitrogen and oxygen atoms in total. The van der Waals surface area contributed by atoms with Crippen LogP contribution in [0.1, 0.15) is 16.8 Å². The minimum atomic E-state index is -4.30. The van der Waals surface area contributed by atoms with E-state index in [2.05, 4.69) is 0 Å². The lowest BCUT2D eigenvalue weighted by molar-refractivity contribution is 0.462. The first-order chi connectivity index (χ1) is 17.0. The summed E-state index contributed by atoms with van der Waals surface area (Å²) in [5, 5.41) is 2.98. The molecule has 0 amide bonds. The molecule has 2 aliphatic rings. The lowest BCUT2D eigenvalue weighted by Gasteiger charge is -2.30. The van der Waals surface area contributed by atoms with Crippen LogP contribution in [-0.4, -0.2) is 11.4 Å². The van der Waals surface area contributed by atoms with Crippen LogP contribution in [-0.2, 0) is 0 Å². The maximum absolute atomic E-state index is 16.6. The number of allylic oxidation sites excluding steroid dienone is 1. The molecule has 0 N–H and O–H groups in total. The Morgan fingerprint density at radius 3 is 2.26 bits per heavy atom. The van der Waals surface area contributed by atoms with Gasteiger partial charge in [-0.3, -0.25) is 4.49 Å². The molecule has 0 aliphatic carbocycles. The molecule has 0 unspecified atom stereocenters. The molecule has 7 heteroatoms. The van der Waals surface area contributed by atoms with Gasteiger partial charge in [0.15, 0.2) is 11.4 Å². The molecule has 0 spiro atoms. The zero-order chi connectivity index (χ0) is 23.5. The second kappa shape index (κ2) is 6.19. The van der Waals surface area contributed by atoms with Crippen molar-refractivity contribution in [2.75, 3.05) is 0 Å². The standard InChI is InChI=1S/C28H17BF2N2O2/c1-16-10-12-17(13-11-16)26-22-14-20-18-6-2-4-8-24(18)34-27(20)32(22)29(30,31)33-23(26)15-21-19-7-3-5-9-25(19)35-28(21)33/h2-15H,1H3. The molecule has 0 atom stereocenters. The molecule has 6 aromatic rings. The molecule has 3 aromatic heterocycles. The topological polar surface area (TPSA) is 34.2 Å². The minimum Gasteiger partial charge on any atom is -0.443 e. The summed E-state index contributed by atoms with van der Waals surface area (Å²) in [7, 11) is 0. The van der Waals surface area contributed by atoms with E-state index in [0.29, 0.717) is 33.2 Å². The van der Waals surface area contributed by atoms with E-state index >= 15 is 8.63 Å². The average molecular weight is 462 g/mol. The molecule has 0 bridgehead atoms. The van der Waals surface area contributed by atoms with E-state index in [4.69, 9.17) is 8.83 Å². The molecule has 3 aromatic carbocycles. The molecule has 8 rings (SSSR count). The predicted molar refractivity (Wildman–Crippen MR) is 133 cm³/mol. The van der Waals surface area contributed by atoms with Crippen molar-refractivity contribution >= 4 is 51.7 Å². The molecule has 5 heterocycles. The number of hydrogen-bond acceptors (Lipinski definition) is 2. The van der Waals surface area contributed by atoms with Gasteiger partial charge in [-0.15, -0.1) is 0 Å². The summed E-state index contributed by atoms with van der Waals surface area (Å²) in [5.74, 6) is 0. The van der Waals surface area contributed by atoms with Crippen LogP contribution in [0, 0.1) is 6.92 Å². The lowest BCUT2D eigenvalue weighted by Crippen LogP contribution is -2.56. The Morgan fingerprint density at radius 2 is 1.49 bits per heavy atom. The van der Waals surface area contributed by atoms with Crippen LogP contribution in [0.5, 0.6) is 0 Å². The molecular formula is C28H17BF2N2O2. The van der Waals surface area contributed by atoms with Crippen LogP contribution >= 0.6 is 0 Å². The first-order valence-corrected chi connectivity index (χ1v) is 11.5. The van der Waals surface area contributed by atoms with Crippen molar-refractivity contribution < 1.29 is 17.5 Å². The number of aryl methyl sites for hydroxylation is 1. The number of rotatable bonds is 1. The minimum absolute atomic E-state index is 0.166. The Balaban J connectivity index is 1.58. The van der Waals surface area contributed by atoms with Gasteiger partial charge >= 0.3 is 12.5 Å². The van der Waals surface area contributed by atoms with Crippen molar-refractivity contribution in [1.29, 1.82) is 0 Å². The van der Waals surface area contributed by atoms with Gasteiger partial charge in [0.25, 0.3) is 0 Å². The maximum atomic E-state index is 16.6. The number of furan rings is 2. The monoisotopic (exact) mass is 462 g/mol. The van der Waals surface area contributed by atoms with E-state index in [0.717, 1.165) is 36.4 Å². The number of fused-ring (bicyclic) bond motifs is 9. The molecule has 0 radical (unpaired) electrons. The summed E-state index contributed by atoms with van der Waals surface area (Å²) in [6, 6.07) is 24.7. The molecule has 2 aliphatic heterocycles. The van der Waals surface area contributed by atoms with Gasteiger partial charge in [-0.25, -0.2) is 0 Å². The highest BCUT2D eigenvalue weighted by atomic mass is 19.2. The number of nitrogens with zero attached hydrogens (tertiary/aromatic N) is 2. The number of hydrogen-bond donors (Lipinski definition) is 0. The number of halogens is 2. The lowest BCUT2D eigenvalue weighted by atomic mass is 9.86. The van der Waals surface area contributed by atoms with Crippen LogP contribution < -0.4 is 15.3 Å². The van der Waals surface area contributed by atoms with E-state index < -0.39 is 6.97 Å². The molecule has 0 fully saturated rings. The Hall–Kier alpha value is -4.39. The van der Waals surface area contributed by atoms with Gasteiger partial charge in [0, 0.05) is 27.9 Å². The highest BCUT2D eigenvalue weighted by molar-refractivity contribution is 6.65. The second-order valence-electron chi connectivity index (χ2n) is 9.26. The fourth-order valence-corrected chi connectivity index (χ4v) is 5.64. The first kappa shape index (κ1) is 19.0. The highest BCUT2D eigenvalue weighted by Crippen LogP contribution is 2.43. The Bertz CT molecular complexity index is 2040. The SMILES string of the molecule is Cc1ccc(C2=C3C=c4c(oc5ccccc45)=[N+]3[B-](F)(F)n3c2cc2c4ccccc4oc23)cc1. The van der Waals surface area contributed by atoms with Crippen LogP contribution in [0.25, 0.3) is 44.7 Å². The zero-order valence-corrected chi connectivity index (χ0v) is 18.6. The molecule has 168 valence electrons. The first-order valence-electron chi connectivity index (χ1n) is 11.5. The molecule has 0 saturated heterocycles. The number of aromatic nitrogens is 1. The fraction of sp³-hybridized carbons (Fsp3) is 0.0357. The Kier molecular flexibility index (Phi) is 3.35.